The van der Waals surface area contributed by atoms with E-state index in [4.69, 9.17) is 5.73 Å². The van der Waals surface area contributed by atoms with Crippen molar-refractivity contribution >= 4 is 29.1 Å². The van der Waals surface area contributed by atoms with Gasteiger partial charge < -0.3 is 16.4 Å². The Bertz CT molecular complexity index is 1290. The van der Waals surface area contributed by atoms with Gasteiger partial charge in [0.2, 0.25) is 18.0 Å². The van der Waals surface area contributed by atoms with Crippen LogP contribution in [0.5, 0.6) is 0 Å². The number of hydrogen-bond acceptors (Lipinski definition) is 4. The topological polar surface area (TPSA) is 114 Å². The SMILES string of the molecule is NC(=O)C(CCC(F)(F)F)C1(C(=O)N[C@H]2N=C(c3ccccc3)c3ccccc3NC2=O)CC1CC(F)(F)F. The molecular weight excluding hydrogens is 530 g/mol. The van der Waals surface area contributed by atoms with Crippen molar-refractivity contribution in [2.45, 2.75) is 44.2 Å². The van der Waals surface area contributed by atoms with Gasteiger partial charge in [0.15, 0.2) is 0 Å². The third-order valence-electron chi connectivity index (χ3n) is 7.00. The molecule has 39 heavy (non-hydrogen) atoms. The summed E-state index contributed by atoms with van der Waals surface area (Å²) in [6, 6.07) is 15.2. The molecule has 208 valence electrons. The number of fused-ring (bicyclic) bond motifs is 1. The lowest BCUT2D eigenvalue weighted by atomic mass is 9.81. The van der Waals surface area contributed by atoms with Crippen molar-refractivity contribution in [1.29, 1.82) is 0 Å². The number of hydrogen-bond donors (Lipinski definition) is 3. The molecule has 4 atom stereocenters. The number of carbonyl (C=O) groups excluding carboxylic acids is 3. The second kappa shape index (κ2) is 10.3. The molecule has 2 aromatic carbocycles. The Hall–Kier alpha value is -3.90. The molecule has 0 radical (unpaired) electrons. The predicted molar refractivity (Wildman–Crippen MR) is 128 cm³/mol. The quantitative estimate of drug-likeness (QED) is 0.423. The average molecular weight is 554 g/mol. The summed E-state index contributed by atoms with van der Waals surface area (Å²) in [6.45, 7) is 0. The fourth-order valence-electron chi connectivity index (χ4n) is 5.15. The van der Waals surface area contributed by atoms with Crippen LogP contribution in [0.15, 0.2) is 59.6 Å². The first-order valence-corrected chi connectivity index (χ1v) is 12.0. The maximum Gasteiger partial charge on any atom is 0.389 e. The van der Waals surface area contributed by atoms with Crippen molar-refractivity contribution in [2.24, 2.45) is 28.0 Å². The van der Waals surface area contributed by atoms with E-state index >= 15 is 0 Å². The number of nitrogens with zero attached hydrogens (tertiary/aromatic N) is 1. The Morgan fingerprint density at radius 2 is 1.67 bits per heavy atom. The number of nitrogens with two attached hydrogens (primary N) is 1. The van der Waals surface area contributed by atoms with Crippen LogP contribution in [0.4, 0.5) is 32.0 Å². The number of anilines is 1. The summed E-state index contributed by atoms with van der Waals surface area (Å²) in [5, 5.41) is 4.91. The van der Waals surface area contributed by atoms with Crippen molar-refractivity contribution in [3.63, 3.8) is 0 Å². The van der Waals surface area contributed by atoms with Crippen LogP contribution in [-0.4, -0.2) is 42.0 Å². The predicted octanol–water partition coefficient (Wildman–Crippen LogP) is 4.32. The van der Waals surface area contributed by atoms with Crippen molar-refractivity contribution in [2.75, 3.05) is 5.32 Å². The number of primary amides is 1. The zero-order chi connectivity index (χ0) is 28.6. The fourth-order valence-corrected chi connectivity index (χ4v) is 5.15. The average Bonchev–Trinajstić information content (AvgIpc) is 3.56. The highest BCUT2D eigenvalue weighted by atomic mass is 19.4. The first-order chi connectivity index (χ1) is 18.2. The number of carbonyl (C=O) groups is 3. The molecule has 2 aliphatic rings. The molecule has 4 N–H and O–H groups in total. The highest BCUT2D eigenvalue weighted by Crippen LogP contribution is 2.63. The molecule has 1 fully saturated rings. The van der Waals surface area contributed by atoms with E-state index in [2.05, 4.69) is 15.6 Å². The Morgan fingerprint density at radius 1 is 1.03 bits per heavy atom. The molecule has 1 aliphatic carbocycles. The van der Waals surface area contributed by atoms with E-state index in [9.17, 15) is 40.7 Å². The van der Waals surface area contributed by atoms with Crippen LogP contribution in [-0.2, 0) is 14.4 Å². The largest absolute Gasteiger partial charge is 0.389 e. The minimum absolute atomic E-state index is 0.287. The lowest BCUT2D eigenvalue weighted by Crippen LogP contribution is -2.50. The molecule has 0 spiro atoms. The number of benzodiazepines with no additional fused rings is 1. The summed E-state index contributed by atoms with van der Waals surface area (Å²) in [5.74, 6) is -6.67. The Morgan fingerprint density at radius 3 is 2.28 bits per heavy atom. The highest BCUT2D eigenvalue weighted by molar-refractivity contribution is 6.19. The van der Waals surface area contributed by atoms with Gasteiger partial charge in [-0.05, 0) is 24.8 Å². The Labute approximate surface area is 218 Å². The van der Waals surface area contributed by atoms with E-state index in [1.165, 1.54) is 0 Å². The highest BCUT2D eigenvalue weighted by Gasteiger charge is 2.67. The maximum absolute atomic E-state index is 13.5. The number of nitrogens with one attached hydrogen (secondary N) is 2. The molecule has 2 aromatic rings. The van der Waals surface area contributed by atoms with Gasteiger partial charge in [-0.1, -0.05) is 48.5 Å². The van der Waals surface area contributed by atoms with Crippen LogP contribution in [0, 0.1) is 17.3 Å². The molecule has 13 heteroatoms. The lowest BCUT2D eigenvalue weighted by molar-refractivity contribution is -0.153. The molecule has 4 rings (SSSR count). The maximum atomic E-state index is 13.5. The molecule has 0 bridgehead atoms. The van der Waals surface area contributed by atoms with Crippen LogP contribution >= 0.6 is 0 Å². The first kappa shape index (κ1) is 28.1. The van der Waals surface area contributed by atoms with Gasteiger partial charge >= 0.3 is 12.4 Å². The number of alkyl halides is 6. The molecule has 1 heterocycles. The van der Waals surface area contributed by atoms with E-state index in [0.717, 1.165) is 0 Å². The van der Waals surface area contributed by atoms with Crippen LogP contribution in [0.25, 0.3) is 0 Å². The van der Waals surface area contributed by atoms with Crippen molar-refractivity contribution in [3.05, 3.63) is 65.7 Å². The number of rotatable bonds is 8. The van der Waals surface area contributed by atoms with E-state index in [0.29, 0.717) is 16.8 Å². The van der Waals surface area contributed by atoms with Gasteiger partial charge in [-0.2, -0.15) is 26.3 Å². The van der Waals surface area contributed by atoms with Gasteiger partial charge in [0.1, 0.15) is 0 Å². The summed E-state index contributed by atoms with van der Waals surface area (Å²) in [7, 11) is 0. The molecular formula is C26H24F6N4O3. The Balaban J connectivity index is 1.70. The summed E-state index contributed by atoms with van der Waals surface area (Å²) in [6.07, 6.45) is -15.7. The van der Waals surface area contributed by atoms with Crippen molar-refractivity contribution < 1.29 is 40.7 Å². The Kier molecular flexibility index (Phi) is 7.46. The second-order valence-corrected chi connectivity index (χ2v) is 9.62. The van der Waals surface area contributed by atoms with Gasteiger partial charge in [-0.15, -0.1) is 0 Å². The molecule has 0 aromatic heterocycles. The van der Waals surface area contributed by atoms with Crippen LogP contribution < -0.4 is 16.4 Å². The third kappa shape index (κ3) is 6.23. The summed E-state index contributed by atoms with van der Waals surface area (Å²) >= 11 is 0. The molecule has 0 saturated heterocycles. The number of para-hydroxylation sites is 1. The molecule has 1 aliphatic heterocycles. The normalized spacial score (nSPS) is 23.5. The summed E-state index contributed by atoms with van der Waals surface area (Å²) in [5.41, 5.74) is 4.87. The minimum atomic E-state index is -4.75. The van der Waals surface area contributed by atoms with E-state index in [1.807, 2.05) is 0 Å². The number of amides is 3. The smallest absolute Gasteiger partial charge is 0.369 e. The van der Waals surface area contributed by atoms with Crippen LogP contribution in [0.1, 0.15) is 36.8 Å². The zero-order valence-corrected chi connectivity index (χ0v) is 20.3. The fraction of sp³-hybridized carbons (Fsp3) is 0.385. The molecule has 3 unspecified atom stereocenters. The minimum Gasteiger partial charge on any atom is -0.369 e. The second-order valence-electron chi connectivity index (χ2n) is 9.62. The lowest BCUT2D eigenvalue weighted by Gasteiger charge is -2.27. The van der Waals surface area contributed by atoms with E-state index in [1.54, 1.807) is 54.6 Å². The number of aliphatic imine (C=N–C) groups is 1. The zero-order valence-electron chi connectivity index (χ0n) is 20.3. The number of benzene rings is 2. The van der Waals surface area contributed by atoms with Crippen LogP contribution in [0.3, 0.4) is 0 Å². The van der Waals surface area contributed by atoms with Gasteiger partial charge in [0.05, 0.1) is 22.7 Å². The van der Waals surface area contributed by atoms with Gasteiger partial charge in [0, 0.05) is 24.0 Å². The molecule has 3 amide bonds. The summed E-state index contributed by atoms with van der Waals surface area (Å²) in [4.78, 5) is 43.2. The number of halogens is 6. The van der Waals surface area contributed by atoms with Gasteiger partial charge in [-0.3, -0.25) is 14.4 Å². The standard InChI is InChI=1S/C26H24F6N4O3/c27-25(28,29)11-10-17(20(33)37)24(12-15(24)13-26(30,31)32)23(39)36-21-22(38)34-18-9-5-4-8-16(18)19(35-21)14-6-2-1-3-7-14/h1-9,15,17,21H,10-13H2,(H2,33,37)(H,34,38)(H,36,39)/t15?,17?,21-,24?/m1/s1. The van der Waals surface area contributed by atoms with Gasteiger partial charge in [0.25, 0.3) is 5.91 Å². The monoisotopic (exact) mass is 554 g/mol. The van der Waals surface area contributed by atoms with Crippen molar-refractivity contribution in [3.8, 4) is 0 Å². The van der Waals surface area contributed by atoms with Crippen molar-refractivity contribution in [1.82, 2.24) is 5.32 Å². The van der Waals surface area contributed by atoms with Gasteiger partial charge in [-0.25, -0.2) is 4.99 Å². The molecule has 7 nitrogen and oxygen atoms in total. The van der Waals surface area contributed by atoms with E-state index in [-0.39, 0.29) is 5.71 Å². The third-order valence-corrected chi connectivity index (χ3v) is 7.00. The van der Waals surface area contributed by atoms with E-state index < -0.39 is 79.2 Å². The molecule has 1 saturated carbocycles. The summed E-state index contributed by atoms with van der Waals surface area (Å²) < 4.78 is 78.6. The van der Waals surface area contributed by atoms with Crippen LogP contribution in [0.2, 0.25) is 0 Å². The first-order valence-electron chi connectivity index (χ1n) is 12.0.